The minimum atomic E-state index is -0.754. The van der Waals surface area contributed by atoms with Crippen molar-refractivity contribution in [2.75, 3.05) is 5.73 Å². The summed E-state index contributed by atoms with van der Waals surface area (Å²) in [5, 5.41) is 7.74. The topological polar surface area (TPSA) is 85.8 Å². The predicted molar refractivity (Wildman–Crippen MR) is 54.1 cm³/mol. The minimum absolute atomic E-state index is 0.247. The van der Waals surface area contributed by atoms with Crippen LogP contribution in [0.4, 0.5) is 5.69 Å². The number of hydrogen-bond acceptors (Lipinski definition) is 6. The highest BCUT2D eigenvalue weighted by molar-refractivity contribution is 5.31. The van der Waals surface area contributed by atoms with E-state index in [9.17, 15) is 0 Å². The van der Waals surface area contributed by atoms with Crippen molar-refractivity contribution in [3.05, 3.63) is 24.7 Å². The largest absolute Gasteiger partial charge is 0.429 e. The van der Waals surface area contributed by atoms with E-state index in [1.807, 2.05) is 6.92 Å². The van der Waals surface area contributed by atoms with E-state index in [4.69, 9.17) is 10.5 Å². The van der Waals surface area contributed by atoms with Crippen LogP contribution in [-0.4, -0.2) is 15.7 Å². The highest BCUT2D eigenvalue weighted by Gasteiger charge is 2.30. The van der Waals surface area contributed by atoms with Crippen molar-refractivity contribution < 1.29 is 4.74 Å². The second kappa shape index (κ2) is 3.64. The molecule has 2 rings (SSSR count). The molecule has 0 aromatic carbocycles. The van der Waals surface area contributed by atoms with Gasteiger partial charge in [-0.25, -0.2) is 9.97 Å². The van der Waals surface area contributed by atoms with Gasteiger partial charge in [0.2, 0.25) is 5.72 Å². The maximum absolute atomic E-state index is 5.54. The Morgan fingerprint density at radius 3 is 2.67 bits per heavy atom. The molecule has 0 radical (unpaired) electrons. The van der Waals surface area contributed by atoms with Gasteiger partial charge in [0.25, 0.3) is 0 Å². The van der Waals surface area contributed by atoms with Crippen LogP contribution in [0.1, 0.15) is 13.3 Å². The SMILES string of the molecule is CCC1(Oc2ncc(N)cn2)C=CN=N1. The van der Waals surface area contributed by atoms with Gasteiger partial charge >= 0.3 is 6.01 Å². The van der Waals surface area contributed by atoms with E-state index in [2.05, 4.69) is 20.2 Å². The lowest BCUT2D eigenvalue weighted by Crippen LogP contribution is -2.29. The number of nitrogens with two attached hydrogens (primary N) is 1. The smallest absolute Gasteiger partial charge is 0.318 e. The van der Waals surface area contributed by atoms with Crippen LogP contribution < -0.4 is 10.5 Å². The predicted octanol–water partition coefficient (Wildman–Crippen LogP) is 1.52. The molecule has 0 spiro atoms. The first-order chi connectivity index (χ1) is 7.24. The molecule has 0 saturated heterocycles. The summed E-state index contributed by atoms with van der Waals surface area (Å²) >= 11 is 0. The Labute approximate surface area is 86.9 Å². The van der Waals surface area contributed by atoms with Crippen molar-refractivity contribution in [2.45, 2.75) is 19.1 Å². The Hall–Kier alpha value is -1.98. The monoisotopic (exact) mass is 205 g/mol. The summed E-state index contributed by atoms with van der Waals surface area (Å²) in [4.78, 5) is 7.88. The van der Waals surface area contributed by atoms with E-state index in [1.54, 1.807) is 12.3 Å². The zero-order valence-corrected chi connectivity index (χ0v) is 8.29. The van der Waals surface area contributed by atoms with E-state index in [-0.39, 0.29) is 6.01 Å². The average molecular weight is 205 g/mol. The normalized spacial score (nSPS) is 23.3. The summed E-state index contributed by atoms with van der Waals surface area (Å²) in [5.41, 5.74) is 5.21. The molecule has 6 nitrogen and oxygen atoms in total. The third kappa shape index (κ3) is 1.93. The Morgan fingerprint density at radius 2 is 2.13 bits per heavy atom. The van der Waals surface area contributed by atoms with Gasteiger partial charge in [-0.05, 0) is 0 Å². The molecular formula is C9H11N5O. The zero-order chi connectivity index (χ0) is 10.7. The number of rotatable bonds is 3. The second-order valence-corrected chi connectivity index (χ2v) is 3.13. The summed E-state index contributed by atoms with van der Waals surface area (Å²) in [6.07, 6.45) is 7.01. The molecule has 1 aliphatic rings. The number of anilines is 1. The first-order valence-corrected chi connectivity index (χ1v) is 4.60. The average Bonchev–Trinajstić information content (AvgIpc) is 2.71. The van der Waals surface area contributed by atoms with Gasteiger partial charge in [0, 0.05) is 12.5 Å². The minimum Gasteiger partial charge on any atom is -0.429 e. The molecule has 1 atom stereocenters. The summed E-state index contributed by atoms with van der Waals surface area (Å²) in [5.74, 6) is 0. The van der Waals surface area contributed by atoms with Crippen molar-refractivity contribution >= 4 is 5.69 Å². The van der Waals surface area contributed by atoms with Gasteiger partial charge in [0.05, 0.1) is 24.3 Å². The first-order valence-electron chi connectivity index (χ1n) is 4.60. The summed E-state index contributed by atoms with van der Waals surface area (Å²) in [6.45, 7) is 1.95. The Kier molecular flexibility index (Phi) is 2.32. The van der Waals surface area contributed by atoms with Crippen LogP contribution in [0.5, 0.6) is 6.01 Å². The van der Waals surface area contributed by atoms with E-state index in [0.29, 0.717) is 12.1 Å². The van der Waals surface area contributed by atoms with Crippen LogP contribution in [0, 0.1) is 0 Å². The van der Waals surface area contributed by atoms with Crippen LogP contribution in [-0.2, 0) is 0 Å². The number of ether oxygens (including phenoxy) is 1. The van der Waals surface area contributed by atoms with Crippen LogP contribution in [0.25, 0.3) is 0 Å². The first kappa shape index (κ1) is 9.57. The van der Waals surface area contributed by atoms with E-state index < -0.39 is 5.72 Å². The fourth-order valence-electron chi connectivity index (χ4n) is 1.17. The van der Waals surface area contributed by atoms with Gasteiger partial charge in [-0.2, -0.15) is 5.11 Å². The van der Waals surface area contributed by atoms with E-state index in [0.717, 1.165) is 0 Å². The molecule has 0 aliphatic carbocycles. The maximum Gasteiger partial charge on any atom is 0.318 e. The van der Waals surface area contributed by atoms with Gasteiger partial charge in [0.1, 0.15) is 0 Å². The number of hydrogen-bond donors (Lipinski definition) is 1. The molecule has 0 amide bonds. The summed E-state index contributed by atoms with van der Waals surface area (Å²) < 4.78 is 5.54. The third-order valence-corrected chi connectivity index (χ3v) is 2.05. The Morgan fingerprint density at radius 1 is 1.40 bits per heavy atom. The molecule has 0 fully saturated rings. The van der Waals surface area contributed by atoms with Crippen molar-refractivity contribution in [3.63, 3.8) is 0 Å². The Balaban J connectivity index is 2.17. The molecule has 1 aromatic heterocycles. The highest BCUT2D eigenvalue weighted by Crippen LogP contribution is 2.25. The molecule has 6 heteroatoms. The maximum atomic E-state index is 5.54. The van der Waals surface area contributed by atoms with Gasteiger partial charge in [-0.1, -0.05) is 6.92 Å². The molecule has 0 bridgehead atoms. The van der Waals surface area contributed by atoms with Crippen LogP contribution in [0.3, 0.4) is 0 Å². The van der Waals surface area contributed by atoms with Crippen molar-refractivity contribution in [1.29, 1.82) is 0 Å². The lowest BCUT2D eigenvalue weighted by atomic mass is 10.2. The lowest BCUT2D eigenvalue weighted by Gasteiger charge is -2.20. The molecule has 2 heterocycles. The van der Waals surface area contributed by atoms with Crippen molar-refractivity contribution in [2.24, 2.45) is 10.2 Å². The zero-order valence-electron chi connectivity index (χ0n) is 8.29. The van der Waals surface area contributed by atoms with Crippen LogP contribution >= 0.6 is 0 Å². The Bertz CT molecular complexity index is 385. The number of azo groups is 1. The molecule has 1 aromatic rings. The fraction of sp³-hybridized carbons (Fsp3) is 0.333. The standard InChI is InChI=1S/C9H11N5O/c1-2-9(3-4-13-14-9)15-8-11-5-7(10)6-12-8/h3-6H,2,10H2,1H3. The molecule has 1 unspecified atom stereocenters. The van der Waals surface area contributed by atoms with Crippen molar-refractivity contribution in [1.82, 2.24) is 9.97 Å². The van der Waals surface area contributed by atoms with E-state index >= 15 is 0 Å². The number of nitrogen functional groups attached to an aromatic ring is 1. The van der Waals surface area contributed by atoms with Crippen LogP contribution in [0.2, 0.25) is 0 Å². The second-order valence-electron chi connectivity index (χ2n) is 3.13. The molecule has 0 saturated carbocycles. The van der Waals surface area contributed by atoms with Crippen molar-refractivity contribution in [3.8, 4) is 6.01 Å². The van der Waals surface area contributed by atoms with Gasteiger partial charge < -0.3 is 10.5 Å². The number of nitrogens with zero attached hydrogens (tertiary/aromatic N) is 4. The molecule has 15 heavy (non-hydrogen) atoms. The summed E-state index contributed by atoms with van der Waals surface area (Å²) in [7, 11) is 0. The summed E-state index contributed by atoms with van der Waals surface area (Å²) in [6, 6.07) is 0.247. The molecule has 2 N–H and O–H groups in total. The molecule has 1 aliphatic heterocycles. The van der Waals surface area contributed by atoms with Gasteiger partial charge in [0.15, 0.2) is 0 Å². The lowest BCUT2D eigenvalue weighted by molar-refractivity contribution is 0.110. The van der Waals surface area contributed by atoms with E-state index in [1.165, 1.54) is 12.4 Å². The fourth-order valence-corrected chi connectivity index (χ4v) is 1.17. The highest BCUT2D eigenvalue weighted by atomic mass is 16.5. The third-order valence-electron chi connectivity index (χ3n) is 2.05. The van der Waals surface area contributed by atoms with Gasteiger partial charge in [-0.3, -0.25) is 0 Å². The molecule has 78 valence electrons. The van der Waals surface area contributed by atoms with Crippen LogP contribution in [0.15, 0.2) is 34.9 Å². The quantitative estimate of drug-likeness (QED) is 0.810. The molecular weight excluding hydrogens is 194 g/mol. The van der Waals surface area contributed by atoms with Gasteiger partial charge in [-0.15, -0.1) is 5.11 Å². The number of aromatic nitrogens is 2.